The van der Waals surface area contributed by atoms with Gasteiger partial charge in [0.2, 0.25) is 5.13 Å². The molecule has 0 unspecified atom stereocenters. The molecule has 25 heavy (non-hydrogen) atoms. The van der Waals surface area contributed by atoms with Gasteiger partial charge in [-0.2, -0.15) is 0 Å². The van der Waals surface area contributed by atoms with Crippen LogP contribution < -0.4 is 5.32 Å². The molecule has 1 N–H and O–H groups in total. The van der Waals surface area contributed by atoms with Crippen molar-refractivity contribution in [3.63, 3.8) is 0 Å². The van der Waals surface area contributed by atoms with Crippen LogP contribution in [0.5, 0.6) is 0 Å². The van der Waals surface area contributed by atoms with Gasteiger partial charge in [0.15, 0.2) is 10.1 Å². The van der Waals surface area contributed by atoms with Crippen LogP contribution in [0.25, 0.3) is 0 Å². The molecule has 0 aliphatic carbocycles. The maximum Gasteiger partial charge on any atom is 0.210 e. The first-order valence-electron chi connectivity index (χ1n) is 7.65. The number of nitrogens with one attached hydrogen (secondary N) is 1. The summed E-state index contributed by atoms with van der Waals surface area (Å²) in [6, 6.07) is 13.9. The van der Waals surface area contributed by atoms with E-state index in [-0.39, 0.29) is 16.9 Å². The zero-order valence-electron chi connectivity index (χ0n) is 13.7. The highest BCUT2D eigenvalue weighted by Gasteiger charge is 2.19. The number of rotatable bonds is 6. The minimum Gasteiger partial charge on any atom is -0.328 e. The van der Waals surface area contributed by atoms with Crippen molar-refractivity contribution in [1.82, 2.24) is 10.2 Å². The Morgan fingerprint density at radius 2 is 1.88 bits per heavy atom. The van der Waals surface area contributed by atoms with Gasteiger partial charge >= 0.3 is 0 Å². The molecule has 0 saturated heterocycles. The maximum absolute atomic E-state index is 13.7. The Morgan fingerprint density at radius 3 is 2.60 bits per heavy atom. The van der Waals surface area contributed by atoms with Gasteiger partial charge in [0.1, 0.15) is 5.82 Å². The first-order valence-corrected chi connectivity index (χ1v) is 9.35. The molecule has 0 saturated carbocycles. The van der Waals surface area contributed by atoms with Crippen LogP contribution in [0, 0.1) is 12.7 Å². The normalized spacial score (nSPS) is 12.0. The van der Waals surface area contributed by atoms with Crippen LogP contribution in [0.1, 0.15) is 22.8 Å². The van der Waals surface area contributed by atoms with Gasteiger partial charge in [-0.3, -0.25) is 4.79 Å². The van der Waals surface area contributed by atoms with E-state index < -0.39 is 0 Å². The molecule has 0 amide bonds. The van der Waals surface area contributed by atoms with Gasteiger partial charge in [-0.15, -0.1) is 10.2 Å². The van der Waals surface area contributed by atoms with Crippen molar-refractivity contribution >= 4 is 39.7 Å². The van der Waals surface area contributed by atoms with E-state index in [1.165, 1.54) is 29.2 Å². The molecular weight excluding hydrogens is 357 g/mol. The van der Waals surface area contributed by atoms with Crippen molar-refractivity contribution in [3.8, 4) is 0 Å². The lowest BCUT2D eigenvalue weighted by atomic mass is 10.1. The Hall–Kier alpha value is -2.25. The Balaban J connectivity index is 1.65. The van der Waals surface area contributed by atoms with E-state index in [1.54, 1.807) is 18.2 Å². The van der Waals surface area contributed by atoms with Crippen LogP contribution in [0.4, 0.5) is 15.2 Å². The number of carbonyl (C=O) groups excluding carboxylic acids is 1. The quantitative estimate of drug-likeness (QED) is 0.482. The van der Waals surface area contributed by atoms with Gasteiger partial charge in [-0.1, -0.05) is 65.1 Å². The molecule has 1 heterocycles. The summed E-state index contributed by atoms with van der Waals surface area (Å²) in [5, 5.41) is 11.2. The third-order valence-electron chi connectivity index (χ3n) is 3.50. The number of halogens is 1. The highest BCUT2D eigenvalue weighted by atomic mass is 32.2. The van der Waals surface area contributed by atoms with Gasteiger partial charge in [-0.05, 0) is 26.0 Å². The zero-order chi connectivity index (χ0) is 17.8. The summed E-state index contributed by atoms with van der Waals surface area (Å²) in [6.07, 6.45) is 0. The monoisotopic (exact) mass is 373 g/mol. The van der Waals surface area contributed by atoms with E-state index in [1.807, 2.05) is 38.1 Å². The zero-order valence-corrected chi connectivity index (χ0v) is 15.3. The molecule has 0 bridgehead atoms. The molecule has 3 aromatic rings. The average molecular weight is 373 g/mol. The van der Waals surface area contributed by atoms with Crippen molar-refractivity contribution in [2.75, 3.05) is 5.32 Å². The average Bonchev–Trinajstić information content (AvgIpc) is 3.04. The standard InChI is InChI=1S/C18H16FN3OS2/c1-11-7-9-13(10-8-11)16(23)12(2)24-18-22-21-17(25-18)20-15-6-4-3-5-14(15)19/h3-10,12H,1-2H3,(H,20,21)/t12-/m1/s1. The van der Waals surface area contributed by atoms with E-state index in [4.69, 9.17) is 0 Å². The van der Waals surface area contributed by atoms with Gasteiger partial charge in [0.05, 0.1) is 10.9 Å². The summed E-state index contributed by atoms with van der Waals surface area (Å²) >= 11 is 2.64. The molecule has 2 aromatic carbocycles. The van der Waals surface area contributed by atoms with Crippen molar-refractivity contribution in [3.05, 3.63) is 65.5 Å². The highest BCUT2D eigenvalue weighted by Crippen LogP contribution is 2.32. The van der Waals surface area contributed by atoms with Crippen LogP contribution >= 0.6 is 23.1 Å². The third-order valence-corrected chi connectivity index (χ3v) is 5.53. The number of aromatic nitrogens is 2. The third kappa shape index (κ3) is 4.43. The van der Waals surface area contributed by atoms with Gasteiger partial charge in [-0.25, -0.2) is 4.39 Å². The number of anilines is 2. The summed E-state index contributed by atoms with van der Waals surface area (Å²) in [5.41, 5.74) is 2.14. The van der Waals surface area contributed by atoms with Crippen molar-refractivity contribution < 1.29 is 9.18 Å². The summed E-state index contributed by atoms with van der Waals surface area (Å²) in [6.45, 7) is 3.83. The van der Waals surface area contributed by atoms with E-state index in [2.05, 4.69) is 15.5 Å². The van der Waals surface area contributed by atoms with Crippen molar-refractivity contribution in [2.24, 2.45) is 0 Å². The minimum absolute atomic E-state index is 0.0452. The molecular formula is C18H16FN3OS2. The fourth-order valence-electron chi connectivity index (χ4n) is 2.14. The molecule has 4 nitrogen and oxygen atoms in total. The molecule has 0 aliphatic rings. The predicted molar refractivity (Wildman–Crippen MR) is 100 cm³/mol. The van der Waals surface area contributed by atoms with E-state index >= 15 is 0 Å². The van der Waals surface area contributed by atoms with Crippen LogP contribution in [0.15, 0.2) is 52.9 Å². The Bertz CT molecular complexity index is 880. The number of aryl methyl sites for hydroxylation is 1. The largest absolute Gasteiger partial charge is 0.328 e. The molecule has 0 fully saturated rings. The van der Waals surface area contributed by atoms with E-state index in [0.717, 1.165) is 5.56 Å². The highest BCUT2D eigenvalue weighted by molar-refractivity contribution is 8.02. The van der Waals surface area contributed by atoms with Crippen LogP contribution in [-0.2, 0) is 0 Å². The summed E-state index contributed by atoms with van der Waals surface area (Å²) in [5.74, 6) is -0.307. The van der Waals surface area contributed by atoms with Crippen LogP contribution in [0.2, 0.25) is 0 Å². The number of hydrogen-bond acceptors (Lipinski definition) is 6. The van der Waals surface area contributed by atoms with Gasteiger partial charge < -0.3 is 5.32 Å². The fourth-order valence-corrected chi connectivity index (χ4v) is 4.13. The first kappa shape index (κ1) is 17.6. The number of nitrogens with zero attached hydrogens (tertiary/aromatic N) is 2. The van der Waals surface area contributed by atoms with Crippen LogP contribution in [-0.4, -0.2) is 21.2 Å². The molecule has 0 aliphatic heterocycles. The molecule has 1 aromatic heterocycles. The summed E-state index contributed by atoms with van der Waals surface area (Å²) in [4.78, 5) is 12.5. The SMILES string of the molecule is Cc1ccc(C(=O)[C@@H](C)Sc2nnc(Nc3ccccc3F)s2)cc1. The second-order valence-corrected chi connectivity index (χ2v) is 8.03. The molecule has 0 spiro atoms. The number of para-hydroxylation sites is 1. The second kappa shape index (κ2) is 7.76. The number of hydrogen-bond donors (Lipinski definition) is 1. The Kier molecular flexibility index (Phi) is 5.45. The van der Waals surface area contributed by atoms with Crippen molar-refractivity contribution in [2.45, 2.75) is 23.4 Å². The number of thioether (sulfide) groups is 1. The minimum atomic E-state index is -0.352. The Morgan fingerprint density at radius 1 is 1.16 bits per heavy atom. The van der Waals surface area contributed by atoms with E-state index in [9.17, 15) is 9.18 Å². The second-order valence-electron chi connectivity index (χ2n) is 5.47. The summed E-state index contributed by atoms with van der Waals surface area (Å²) < 4.78 is 14.3. The molecule has 7 heteroatoms. The number of Topliss-reactive ketones (excluding diaryl/α,β-unsaturated/α-hetero) is 1. The molecule has 0 radical (unpaired) electrons. The lowest BCUT2D eigenvalue weighted by Crippen LogP contribution is -2.13. The fraction of sp³-hybridized carbons (Fsp3) is 0.167. The van der Waals surface area contributed by atoms with Crippen LogP contribution in [0.3, 0.4) is 0 Å². The van der Waals surface area contributed by atoms with E-state index in [0.29, 0.717) is 20.7 Å². The topological polar surface area (TPSA) is 54.9 Å². The lowest BCUT2D eigenvalue weighted by Gasteiger charge is -2.08. The molecule has 3 rings (SSSR count). The molecule has 1 atom stereocenters. The molecule has 128 valence electrons. The Labute approximate surface area is 153 Å². The number of carbonyl (C=O) groups is 1. The van der Waals surface area contributed by atoms with Gasteiger partial charge in [0.25, 0.3) is 0 Å². The lowest BCUT2D eigenvalue weighted by molar-refractivity contribution is 0.0994. The summed E-state index contributed by atoms with van der Waals surface area (Å²) in [7, 11) is 0. The maximum atomic E-state index is 13.7. The van der Waals surface area contributed by atoms with Gasteiger partial charge in [0, 0.05) is 5.56 Å². The first-order chi connectivity index (χ1) is 12.0. The predicted octanol–water partition coefficient (Wildman–Crippen LogP) is 5.09. The number of ketones is 1. The van der Waals surface area contributed by atoms with Crippen molar-refractivity contribution in [1.29, 1.82) is 0 Å². The smallest absolute Gasteiger partial charge is 0.210 e. The number of benzene rings is 2.